The number of likely N-dealkylation sites (tertiary alicyclic amines) is 2. The minimum absolute atomic E-state index is 0.346. The predicted octanol–water partition coefficient (Wildman–Crippen LogP) is 0.800. The van der Waals surface area contributed by atoms with Crippen molar-refractivity contribution < 1.29 is 4.74 Å². The number of rotatable bonds is 1. The smallest absolute Gasteiger partial charge is 0.0645 e. The zero-order valence-electron chi connectivity index (χ0n) is 10.1. The molecule has 2 unspecified atom stereocenters. The summed E-state index contributed by atoms with van der Waals surface area (Å²) in [5.74, 6) is 0.935. The molecule has 0 radical (unpaired) electrons. The topological polar surface area (TPSA) is 15.7 Å². The van der Waals surface area contributed by atoms with Gasteiger partial charge in [0.15, 0.2) is 0 Å². The van der Waals surface area contributed by atoms with Gasteiger partial charge in [-0.05, 0) is 20.8 Å². The van der Waals surface area contributed by atoms with Crippen LogP contribution < -0.4 is 0 Å². The Labute approximate surface area is 92.4 Å². The average molecular weight is 210 g/mol. The lowest BCUT2D eigenvalue weighted by Crippen LogP contribution is -2.64. The van der Waals surface area contributed by atoms with Gasteiger partial charge in [0.25, 0.3) is 0 Å². The first-order valence-corrected chi connectivity index (χ1v) is 6.14. The molecule has 0 spiro atoms. The molecular weight excluding hydrogens is 188 g/mol. The first-order chi connectivity index (χ1) is 7.05. The van der Waals surface area contributed by atoms with E-state index in [2.05, 4.69) is 30.6 Å². The quantitative estimate of drug-likeness (QED) is 0.637. The van der Waals surface area contributed by atoms with Crippen molar-refractivity contribution in [1.29, 1.82) is 0 Å². The molecule has 3 saturated heterocycles. The van der Waals surface area contributed by atoms with Crippen molar-refractivity contribution in [3.05, 3.63) is 0 Å². The van der Waals surface area contributed by atoms with Gasteiger partial charge in [-0.2, -0.15) is 0 Å². The van der Waals surface area contributed by atoms with Crippen molar-refractivity contribution in [1.82, 2.24) is 9.80 Å². The molecule has 2 atom stereocenters. The van der Waals surface area contributed by atoms with E-state index in [0.29, 0.717) is 5.54 Å². The third kappa shape index (κ3) is 1.52. The second kappa shape index (κ2) is 3.19. The molecule has 86 valence electrons. The first-order valence-electron chi connectivity index (χ1n) is 6.14. The summed E-state index contributed by atoms with van der Waals surface area (Å²) in [5.41, 5.74) is 0.346. The fraction of sp³-hybridized carbons (Fsp3) is 1.00. The minimum Gasteiger partial charge on any atom is -0.378 e. The van der Waals surface area contributed by atoms with Gasteiger partial charge >= 0.3 is 0 Å². The Balaban J connectivity index is 1.61. The normalized spacial score (nSPS) is 38.6. The second-order valence-electron chi connectivity index (χ2n) is 6.29. The Morgan fingerprint density at radius 1 is 1.07 bits per heavy atom. The van der Waals surface area contributed by atoms with Gasteiger partial charge in [0, 0.05) is 37.1 Å². The van der Waals surface area contributed by atoms with Crippen molar-refractivity contribution in [3.63, 3.8) is 0 Å². The van der Waals surface area contributed by atoms with Crippen LogP contribution in [-0.2, 0) is 4.74 Å². The molecule has 0 aliphatic carbocycles. The van der Waals surface area contributed by atoms with Crippen molar-refractivity contribution in [2.75, 3.05) is 32.8 Å². The van der Waals surface area contributed by atoms with E-state index in [4.69, 9.17) is 4.74 Å². The van der Waals surface area contributed by atoms with Gasteiger partial charge in [-0.15, -0.1) is 0 Å². The Morgan fingerprint density at radius 3 is 2.33 bits per heavy atom. The van der Waals surface area contributed by atoms with Crippen molar-refractivity contribution >= 4 is 0 Å². The predicted molar refractivity (Wildman–Crippen MR) is 59.9 cm³/mol. The minimum atomic E-state index is 0.346. The molecule has 0 bridgehead atoms. The summed E-state index contributed by atoms with van der Waals surface area (Å²) >= 11 is 0. The van der Waals surface area contributed by atoms with E-state index < -0.39 is 0 Å². The molecule has 3 fully saturated rings. The molecule has 3 aliphatic heterocycles. The van der Waals surface area contributed by atoms with E-state index in [-0.39, 0.29) is 0 Å². The molecule has 3 heterocycles. The summed E-state index contributed by atoms with van der Waals surface area (Å²) in [6.45, 7) is 12.8. The Hall–Kier alpha value is -0.120. The maximum atomic E-state index is 5.28. The Morgan fingerprint density at radius 2 is 1.80 bits per heavy atom. The van der Waals surface area contributed by atoms with Gasteiger partial charge in [-0.3, -0.25) is 9.80 Å². The van der Waals surface area contributed by atoms with Gasteiger partial charge in [0.05, 0.1) is 19.3 Å². The van der Waals surface area contributed by atoms with E-state index in [0.717, 1.165) is 31.2 Å². The molecule has 3 aliphatic rings. The van der Waals surface area contributed by atoms with Crippen molar-refractivity contribution in [3.8, 4) is 0 Å². The Kier molecular flexibility index (Phi) is 2.14. The summed E-state index contributed by atoms with van der Waals surface area (Å²) in [6.07, 6.45) is 0. The zero-order chi connectivity index (χ0) is 10.6. The van der Waals surface area contributed by atoms with Crippen LogP contribution in [0.1, 0.15) is 20.8 Å². The largest absolute Gasteiger partial charge is 0.378 e. The molecule has 3 nitrogen and oxygen atoms in total. The Bertz CT molecular complexity index is 257. The summed E-state index contributed by atoms with van der Waals surface area (Å²) in [6, 6.07) is 1.57. The number of hydrogen-bond acceptors (Lipinski definition) is 3. The van der Waals surface area contributed by atoms with Crippen LogP contribution in [0.2, 0.25) is 0 Å². The highest BCUT2D eigenvalue weighted by molar-refractivity contribution is 5.05. The van der Waals surface area contributed by atoms with Gasteiger partial charge in [-0.1, -0.05) is 0 Å². The molecule has 0 aromatic rings. The standard InChI is InChI=1S/C12H22N2O/c1-12(2,3)13-4-9-5-14(11(9)6-13)10-7-15-8-10/h9-11H,4-8H2,1-3H3. The van der Waals surface area contributed by atoms with Gasteiger partial charge in [0.1, 0.15) is 0 Å². The molecular formula is C12H22N2O. The highest BCUT2D eigenvalue weighted by Gasteiger charge is 2.50. The maximum Gasteiger partial charge on any atom is 0.0645 e. The monoisotopic (exact) mass is 210 g/mol. The highest BCUT2D eigenvalue weighted by Crippen LogP contribution is 2.37. The lowest BCUT2D eigenvalue weighted by atomic mass is 9.89. The van der Waals surface area contributed by atoms with E-state index in [1.165, 1.54) is 19.6 Å². The van der Waals surface area contributed by atoms with Gasteiger partial charge in [0.2, 0.25) is 0 Å². The van der Waals surface area contributed by atoms with Crippen molar-refractivity contribution in [2.24, 2.45) is 5.92 Å². The number of nitrogens with zero attached hydrogens (tertiary/aromatic N) is 2. The van der Waals surface area contributed by atoms with Crippen LogP contribution in [0.25, 0.3) is 0 Å². The summed E-state index contributed by atoms with van der Waals surface area (Å²) in [4.78, 5) is 5.31. The van der Waals surface area contributed by atoms with Crippen LogP contribution >= 0.6 is 0 Å². The molecule has 0 saturated carbocycles. The van der Waals surface area contributed by atoms with Crippen LogP contribution in [0.15, 0.2) is 0 Å². The third-order valence-corrected chi connectivity index (χ3v) is 4.32. The average Bonchev–Trinajstić information content (AvgIpc) is 2.34. The summed E-state index contributed by atoms with van der Waals surface area (Å²) < 4.78 is 5.28. The SMILES string of the molecule is CC(C)(C)N1CC2CN(C3COC3)C2C1. The van der Waals surface area contributed by atoms with Crippen LogP contribution in [0.4, 0.5) is 0 Å². The second-order valence-corrected chi connectivity index (χ2v) is 6.29. The highest BCUT2D eigenvalue weighted by atomic mass is 16.5. The van der Waals surface area contributed by atoms with Crippen LogP contribution in [0.3, 0.4) is 0 Å². The molecule has 3 rings (SSSR count). The van der Waals surface area contributed by atoms with E-state index in [9.17, 15) is 0 Å². The maximum absolute atomic E-state index is 5.28. The van der Waals surface area contributed by atoms with E-state index in [1.54, 1.807) is 0 Å². The van der Waals surface area contributed by atoms with E-state index in [1.807, 2.05) is 0 Å². The first kappa shape index (κ1) is 10.1. The number of ether oxygens (including phenoxy) is 1. The van der Waals surface area contributed by atoms with E-state index >= 15 is 0 Å². The van der Waals surface area contributed by atoms with Crippen molar-refractivity contribution in [2.45, 2.75) is 38.4 Å². The third-order valence-electron chi connectivity index (χ3n) is 4.32. The van der Waals surface area contributed by atoms with Gasteiger partial charge < -0.3 is 4.74 Å². The van der Waals surface area contributed by atoms with Crippen LogP contribution in [0, 0.1) is 5.92 Å². The molecule has 0 amide bonds. The van der Waals surface area contributed by atoms with Gasteiger partial charge in [-0.25, -0.2) is 0 Å². The fourth-order valence-electron chi connectivity index (χ4n) is 3.06. The van der Waals surface area contributed by atoms with Crippen LogP contribution in [0.5, 0.6) is 0 Å². The zero-order valence-corrected chi connectivity index (χ0v) is 10.1. The molecule has 15 heavy (non-hydrogen) atoms. The summed E-state index contributed by atoms with van der Waals surface area (Å²) in [7, 11) is 0. The summed E-state index contributed by atoms with van der Waals surface area (Å²) in [5, 5.41) is 0. The molecule has 3 heteroatoms. The van der Waals surface area contributed by atoms with Crippen LogP contribution in [-0.4, -0.2) is 60.3 Å². The molecule has 0 aromatic carbocycles. The fourth-order valence-corrected chi connectivity index (χ4v) is 3.06. The lowest BCUT2D eigenvalue weighted by Gasteiger charge is -2.51. The lowest BCUT2D eigenvalue weighted by molar-refractivity contribution is -0.120. The molecule has 0 N–H and O–H groups in total. The number of hydrogen-bond donors (Lipinski definition) is 0. The number of fused-ring (bicyclic) bond motifs is 1. The molecule has 0 aromatic heterocycles.